The summed E-state index contributed by atoms with van der Waals surface area (Å²) < 4.78 is 6.64. The van der Waals surface area contributed by atoms with E-state index in [1.54, 1.807) is 0 Å². The summed E-state index contributed by atoms with van der Waals surface area (Å²) in [5.41, 5.74) is 11.4. The first kappa shape index (κ1) is 29.7. The molecule has 246 valence electrons. The van der Waals surface area contributed by atoms with Crippen molar-refractivity contribution in [2.75, 3.05) is 0 Å². The smallest absolute Gasteiger partial charge is 0.143 e. The lowest BCUT2D eigenvalue weighted by Gasteiger charge is -2.19. The summed E-state index contributed by atoms with van der Waals surface area (Å²) in [5.74, 6) is 0. The average Bonchev–Trinajstić information content (AvgIpc) is 3.61. The zero-order valence-electron chi connectivity index (χ0n) is 28.9. The van der Waals surface area contributed by atoms with E-state index in [1.165, 1.54) is 82.0 Å². The molecule has 0 unspecified atom stereocenters. The lowest BCUT2D eigenvalue weighted by atomic mass is 9.84. The molecule has 0 atom stereocenters. The molecule has 0 N–H and O–H groups in total. The Hall–Kier alpha value is -6.96. The fourth-order valence-corrected chi connectivity index (χ4v) is 8.68. The van der Waals surface area contributed by atoms with Gasteiger partial charge in [0.1, 0.15) is 11.2 Å². The Kier molecular flexibility index (Phi) is 6.62. The largest absolute Gasteiger partial charge is 0.455 e. The van der Waals surface area contributed by atoms with E-state index >= 15 is 0 Å². The van der Waals surface area contributed by atoms with Crippen LogP contribution in [-0.2, 0) is 0 Å². The fourth-order valence-electron chi connectivity index (χ4n) is 8.68. The summed E-state index contributed by atoms with van der Waals surface area (Å²) in [6.07, 6.45) is 0. The molecule has 0 aliphatic carbocycles. The van der Waals surface area contributed by atoms with Crippen molar-refractivity contribution in [1.82, 2.24) is 0 Å². The second kappa shape index (κ2) is 11.8. The second-order valence-electron chi connectivity index (χ2n) is 14.0. The van der Waals surface area contributed by atoms with Crippen molar-refractivity contribution in [2.24, 2.45) is 0 Å². The summed E-state index contributed by atoms with van der Waals surface area (Å²) in [6, 6.07) is 70.6. The minimum absolute atomic E-state index is 0.907. The molecule has 0 saturated carbocycles. The van der Waals surface area contributed by atoms with Gasteiger partial charge in [0.2, 0.25) is 0 Å². The molecule has 1 heterocycles. The van der Waals surface area contributed by atoms with Gasteiger partial charge < -0.3 is 4.42 Å². The first-order valence-electron chi connectivity index (χ1n) is 18.3. The predicted octanol–water partition coefficient (Wildman–Crippen LogP) is 14.9. The van der Waals surface area contributed by atoms with Crippen molar-refractivity contribution >= 4 is 65.0 Å². The monoisotopic (exact) mass is 672 g/mol. The molecule has 0 aliphatic heterocycles. The molecule has 0 aliphatic rings. The Labute approximate surface area is 307 Å². The number of furan rings is 1. The molecule has 11 rings (SSSR count). The van der Waals surface area contributed by atoms with Crippen LogP contribution in [0.25, 0.3) is 110 Å². The third-order valence-corrected chi connectivity index (χ3v) is 11.0. The highest BCUT2D eigenvalue weighted by molar-refractivity contribution is 6.22. The van der Waals surface area contributed by atoms with E-state index in [1.807, 2.05) is 6.07 Å². The van der Waals surface area contributed by atoms with E-state index in [9.17, 15) is 0 Å². The van der Waals surface area contributed by atoms with Gasteiger partial charge in [0, 0.05) is 21.9 Å². The van der Waals surface area contributed by atoms with Gasteiger partial charge in [-0.05, 0) is 94.7 Å². The van der Waals surface area contributed by atoms with E-state index in [-0.39, 0.29) is 0 Å². The summed E-state index contributed by atoms with van der Waals surface area (Å²) in [5, 5.41) is 12.2. The van der Waals surface area contributed by atoms with E-state index in [4.69, 9.17) is 4.42 Å². The van der Waals surface area contributed by atoms with Crippen LogP contribution in [-0.4, -0.2) is 0 Å². The molecule has 10 aromatic carbocycles. The molecule has 0 bridgehead atoms. The maximum Gasteiger partial charge on any atom is 0.143 e. The number of hydrogen-bond acceptors (Lipinski definition) is 1. The molecule has 1 heteroatoms. The molecular formula is C52H32O. The third-order valence-electron chi connectivity index (χ3n) is 11.0. The van der Waals surface area contributed by atoms with Crippen molar-refractivity contribution in [2.45, 2.75) is 0 Å². The SMILES string of the molecule is c1cc(-c2ccc3ccccc3c2-c2cccc3c2oc2ccccc23)cc(-c2c3ccccc3c(-c3ccc4ccccc4c3)c3ccccc23)c1. The van der Waals surface area contributed by atoms with Crippen LogP contribution in [0.4, 0.5) is 0 Å². The molecule has 0 amide bonds. The minimum Gasteiger partial charge on any atom is -0.455 e. The van der Waals surface area contributed by atoms with E-state index in [2.05, 4.69) is 188 Å². The molecule has 0 saturated heterocycles. The molecule has 53 heavy (non-hydrogen) atoms. The van der Waals surface area contributed by atoms with Gasteiger partial charge in [0.05, 0.1) is 0 Å². The van der Waals surface area contributed by atoms with Crippen molar-refractivity contribution in [3.63, 3.8) is 0 Å². The van der Waals surface area contributed by atoms with Gasteiger partial charge in [-0.3, -0.25) is 0 Å². The number of hydrogen-bond donors (Lipinski definition) is 0. The summed E-state index contributed by atoms with van der Waals surface area (Å²) in [4.78, 5) is 0. The summed E-state index contributed by atoms with van der Waals surface area (Å²) in [6.45, 7) is 0. The van der Waals surface area contributed by atoms with Crippen LogP contribution in [0.3, 0.4) is 0 Å². The van der Waals surface area contributed by atoms with Crippen LogP contribution in [0, 0.1) is 0 Å². The summed E-state index contributed by atoms with van der Waals surface area (Å²) in [7, 11) is 0. The topological polar surface area (TPSA) is 13.1 Å². The van der Waals surface area contributed by atoms with Gasteiger partial charge in [0.15, 0.2) is 0 Å². The molecule has 1 aromatic heterocycles. The van der Waals surface area contributed by atoms with Crippen molar-refractivity contribution < 1.29 is 4.42 Å². The fraction of sp³-hybridized carbons (Fsp3) is 0. The van der Waals surface area contributed by atoms with Crippen molar-refractivity contribution in [3.8, 4) is 44.5 Å². The highest BCUT2D eigenvalue weighted by atomic mass is 16.3. The lowest BCUT2D eigenvalue weighted by molar-refractivity contribution is 0.670. The van der Waals surface area contributed by atoms with Gasteiger partial charge in [-0.15, -0.1) is 0 Å². The van der Waals surface area contributed by atoms with E-state index in [0.29, 0.717) is 0 Å². The van der Waals surface area contributed by atoms with Gasteiger partial charge >= 0.3 is 0 Å². The Balaban J connectivity index is 1.17. The minimum atomic E-state index is 0.907. The Morgan fingerprint density at radius 1 is 0.264 bits per heavy atom. The molecule has 1 nitrogen and oxygen atoms in total. The quantitative estimate of drug-likeness (QED) is 0.170. The zero-order valence-corrected chi connectivity index (χ0v) is 28.9. The maximum atomic E-state index is 6.64. The highest BCUT2D eigenvalue weighted by Gasteiger charge is 2.20. The van der Waals surface area contributed by atoms with Crippen LogP contribution in [0.2, 0.25) is 0 Å². The van der Waals surface area contributed by atoms with Gasteiger partial charge in [-0.2, -0.15) is 0 Å². The maximum absolute atomic E-state index is 6.64. The van der Waals surface area contributed by atoms with Gasteiger partial charge in [-0.25, -0.2) is 0 Å². The van der Waals surface area contributed by atoms with Crippen LogP contribution in [0.5, 0.6) is 0 Å². The number of rotatable bonds is 4. The van der Waals surface area contributed by atoms with Crippen LogP contribution >= 0.6 is 0 Å². The molecular weight excluding hydrogens is 641 g/mol. The van der Waals surface area contributed by atoms with Crippen molar-refractivity contribution in [1.29, 1.82) is 0 Å². The van der Waals surface area contributed by atoms with Gasteiger partial charge in [0.25, 0.3) is 0 Å². The Bertz CT molecular complexity index is 3180. The average molecular weight is 673 g/mol. The predicted molar refractivity (Wildman–Crippen MR) is 225 cm³/mol. The molecule has 0 spiro atoms. The van der Waals surface area contributed by atoms with E-state index in [0.717, 1.165) is 27.5 Å². The van der Waals surface area contributed by atoms with Crippen LogP contribution in [0.15, 0.2) is 199 Å². The first-order valence-corrected chi connectivity index (χ1v) is 18.3. The number of fused-ring (bicyclic) bond motifs is 7. The van der Waals surface area contributed by atoms with E-state index < -0.39 is 0 Å². The van der Waals surface area contributed by atoms with Crippen LogP contribution in [0.1, 0.15) is 0 Å². The van der Waals surface area contributed by atoms with Crippen LogP contribution < -0.4 is 0 Å². The summed E-state index contributed by atoms with van der Waals surface area (Å²) >= 11 is 0. The molecule has 11 aromatic rings. The Morgan fingerprint density at radius 3 is 1.53 bits per heavy atom. The standard InChI is InChI=1S/C52H32O/c1-2-15-35-31-38(28-27-33(35)13-1)50-44-22-7-5-20-42(44)49(43-21-6-8-23-45(43)50)37-17-11-16-36(32-37)40-30-29-34-14-3-4-18-39(34)51(40)47-25-12-24-46-41-19-9-10-26-48(41)53-52(46)47/h1-32H. The Morgan fingerprint density at radius 2 is 0.792 bits per heavy atom. The second-order valence-corrected chi connectivity index (χ2v) is 14.0. The molecule has 0 fully saturated rings. The van der Waals surface area contributed by atoms with Gasteiger partial charge in [-0.1, -0.05) is 176 Å². The van der Waals surface area contributed by atoms with Crippen molar-refractivity contribution in [3.05, 3.63) is 194 Å². The normalized spacial score (nSPS) is 11.8. The molecule has 0 radical (unpaired) electrons. The third kappa shape index (κ3) is 4.64. The highest BCUT2D eigenvalue weighted by Crippen LogP contribution is 2.47. The lowest BCUT2D eigenvalue weighted by Crippen LogP contribution is -1.92. The number of benzene rings is 10. The number of para-hydroxylation sites is 2. The first-order chi connectivity index (χ1) is 26.3. The zero-order chi connectivity index (χ0) is 34.9.